The summed E-state index contributed by atoms with van der Waals surface area (Å²) < 4.78 is 28.8. The van der Waals surface area contributed by atoms with Crippen LogP contribution in [0.5, 0.6) is 0 Å². The molecule has 4 nitrogen and oxygen atoms in total. The number of benzene rings is 3. The van der Waals surface area contributed by atoms with E-state index in [0.717, 1.165) is 47.0 Å². The molecule has 1 aliphatic carbocycles. The lowest BCUT2D eigenvalue weighted by atomic mass is 9.90. The number of nitrogens with one attached hydrogen (secondary N) is 1. The van der Waals surface area contributed by atoms with Crippen molar-refractivity contribution in [2.24, 2.45) is 0 Å². The molecule has 0 amide bonds. The van der Waals surface area contributed by atoms with E-state index in [9.17, 15) is 8.42 Å². The molecule has 0 aliphatic heterocycles. The van der Waals surface area contributed by atoms with E-state index < -0.39 is 10.0 Å². The van der Waals surface area contributed by atoms with Crippen molar-refractivity contribution in [1.29, 1.82) is 0 Å². The highest BCUT2D eigenvalue weighted by Crippen LogP contribution is 2.39. The predicted molar refractivity (Wildman–Crippen MR) is 125 cm³/mol. The predicted octanol–water partition coefficient (Wildman–Crippen LogP) is 5.70. The summed E-state index contributed by atoms with van der Waals surface area (Å²) in [6.07, 6.45) is 2.64. The number of rotatable bonds is 5. The van der Waals surface area contributed by atoms with Crippen molar-refractivity contribution in [3.63, 3.8) is 0 Å². The van der Waals surface area contributed by atoms with Crippen LogP contribution in [0.1, 0.15) is 35.7 Å². The Labute approximate surface area is 187 Å². The Morgan fingerprint density at radius 2 is 1.74 bits per heavy atom. The van der Waals surface area contributed by atoms with Gasteiger partial charge < -0.3 is 5.32 Å². The van der Waals surface area contributed by atoms with Gasteiger partial charge in [0, 0.05) is 28.7 Å². The van der Waals surface area contributed by atoms with Crippen LogP contribution < -0.4 is 5.32 Å². The second-order valence-electron chi connectivity index (χ2n) is 7.92. The summed E-state index contributed by atoms with van der Waals surface area (Å²) in [4.78, 5) is 0.313. The lowest BCUT2D eigenvalue weighted by molar-refractivity contribution is 0.458. The highest BCUT2D eigenvalue weighted by Gasteiger charge is 2.32. The van der Waals surface area contributed by atoms with Crippen LogP contribution in [-0.2, 0) is 23.0 Å². The van der Waals surface area contributed by atoms with Crippen LogP contribution in [0.3, 0.4) is 0 Å². The van der Waals surface area contributed by atoms with Crippen LogP contribution in [0.2, 0.25) is 5.02 Å². The molecule has 0 bridgehead atoms. The van der Waals surface area contributed by atoms with Crippen LogP contribution in [0.25, 0.3) is 10.9 Å². The first-order chi connectivity index (χ1) is 15.1. The summed E-state index contributed by atoms with van der Waals surface area (Å²) in [5.41, 5.74) is 3.84. The van der Waals surface area contributed by atoms with Gasteiger partial charge in [0.2, 0.25) is 0 Å². The number of nitrogens with zero attached hydrogens (tertiary/aromatic N) is 1. The van der Waals surface area contributed by atoms with Crippen LogP contribution in [0.15, 0.2) is 83.8 Å². The van der Waals surface area contributed by atoms with Gasteiger partial charge in [0.05, 0.1) is 10.4 Å². The molecule has 158 valence electrons. The summed E-state index contributed by atoms with van der Waals surface area (Å²) in [7, 11) is -3.69. The molecule has 1 N–H and O–H groups in total. The van der Waals surface area contributed by atoms with Crippen molar-refractivity contribution in [2.45, 2.75) is 36.7 Å². The number of aromatic nitrogens is 1. The van der Waals surface area contributed by atoms with Crippen molar-refractivity contribution in [3.8, 4) is 0 Å². The van der Waals surface area contributed by atoms with E-state index in [0.29, 0.717) is 16.5 Å². The normalized spacial score (nSPS) is 16.4. The van der Waals surface area contributed by atoms with Gasteiger partial charge in [-0.25, -0.2) is 12.4 Å². The fourth-order valence-corrected chi connectivity index (χ4v) is 6.42. The summed E-state index contributed by atoms with van der Waals surface area (Å²) in [5, 5.41) is 5.37. The number of fused-ring (bicyclic) bond motifs is 3. The van der Waals surface area contributed by atoms with Gasteiger partial charge >= 0.3 is 0 Å². The molecule has 6 heteroatoms. The van der Waals surface area contributed by atoms with Crippen LogP contribution >= 0.6 is 11.6 Å². The van der Waals surface area contributed by atoms with Gasteiger partial charge in [0.1, 0.15) is 0 Å². The summed E-state index contributed by atoms with van der Waals surface area (Å²) in [5.74, 6) is 0. The average molecular weight is 451 g/mol. The minimum Gasteiger partial charge on any atom is -0.306 e. The molecule has 0 radical (unpaired) electrons. The molecule has 1 heterocycles. The van der Waals surface area contributed by atoms with Gasteiger partial charge in [0.25, 0.3) is 10.0 Å². The molecular weight excluding hydrogens is 428 g/mol. The highest BCUT2D eigenvalue weighted by molar-refractivity contribution is 7.90. The Kier molecular flexibility index (Phi) is 5.34. The molecule has 0 saturated carbocycles. The van der Waals surface area contributed by atoms with E-state index >= 15 is 0 Å². The molecule has 0 spiro atoms. The van der Waals surface area contributed by atoms with Crippen molar-refractivity contribution < 1.29 is 8.42 Å². The van der Waals surface area contributed by atoms with Crippen molar-refractivity contribution in [3.05, 3.63) is 101 Å². The molecule has 1 aliphatic rings. The lowest BCUT2D eigenvalue weighted by Gasteiger charge is -2.25. The van der Waals surface area contributed by atoms with Crippen LogP contribution in [0.4, 0.5) is 0 Å². The third-order valence-electron chi connectivity index (χ3n) is 5.95. The fourth-order valence-electron chi connectivity index (χ4n) is 4.60. The molecule has 0 fully saturated rings. The SMILES string of the molecule is O=S(=O)(c1ccccc1)n1c2c(c3ccccc31)C(NCc1cccc(Cl)c1)CCC2. The number of hydrogen-bond donors (Lipinski definition) is 1. The smallest absolute Gasteiger partial charge is 0.268 e. The summed E-state index contributed by atoms with van der Waals surface area (Å²) in [6.45, 7) is 0.676. The molecular formula is C25H23ClN2O2S. The summed E-state index contributed by atoms with van der Waals surface area (Å²) in [6, 6.07) is 24.4. The maximum Gasteiger partial charge on any atom is 0.268 e. The third-order valence-corrected chi connectivity index (χ3v) is 7.95. The minimum absolute atomic E-state index is 0.0832. The van der Waals surface area contributed by atoms with Crippen LogP contribution in [-0.4, -0.2) is 12.4 Å². The number of para-hydroxylation sites is 1. The molecule has 3 aromatic carbocycles. The van der Waals surface area contributed by atoms with Gasteiger partial charge in [-0.3, -0.25) is 0 Å². The monoisotopic (exact) mass is 450 g/mol. The molecule has 1 unspecified atom stereocenters. The molecule has 5 rings (SSSR count). The number of hydrogen-bond acceptors (Lipinski definition) is 3. The Bertz CT molecular complexity index is 1350. The number of halogens is 1. The van der Waals surface area contributed by atoms with E-state index in [1.165, 1.54) is 0 Å². The van der Waals surface area contributed by atoms with E-state index in [2.05, 4.69) is 5.32 Å². The Morgan fingerprint density at radius 1 is 0.968 bits per heavy atom. The largest absolute Gasteiger partial charge is 0.306 e. The first-order valence-electron chi connectivity index (χ1n) is 10.5. The molecule has 4 aromatic rings. The zero-order chi connectivity index (χ0) is 21.4. The first kappa shape index (κ1) is 20.3. The topological polar surface area (TPSA) is 51.1 Å². The quantitative estimate of drug-likeness (QED) is 0.424. The second-order valence-corrected chi connectivity index (χ2v) is 10.1. The van der Waals surface area contributed by atoms with Gasteiger partial charge in [-0.1, -0.05) is 60.1 Å². The standard InChI is InChI=1S/C25H23ClN2O2S/c26-19-9-6-8-18(16-19)17-27-22-13-7-15-24-25(22)21-12-4-5-14-23(21)28(24)31(29,30)20-10-2-1-3-11-20/h1-6,8-12,14,16,22,27H,7,13,15,17H2. The van der Waals surface area contributed by atoms with E-state index in [4.69, 9.17) is 11.6 Å². The van der Waals surface area contributed by atoms with E-state index in [-0.39, 0.29) is 6.04 Å². The third kappa shape index (κ3) is 3.67. The highest BCUT2D eigenvalue weighted by atomic mass is 35.5. The van der Waals surface area contributed by atoms with Gasteiger partial charge in [-0.05, 0) is 60.7 Å². The van der Waals surface area contributed by atoms with E-state index in [1.54, 1.807) is 28.2 Å². The van der Waals surface area contributed by atoms with Crippen LogP contribution in [0, 0.1) is 0 Å². The van der Waals surface area contributed by atoms with Crippen molar-refractivity contribution >= 4 is 32.5 Å². The Hall–Kier alpha value is -2.60. The summed E-state index contributed by atoms with van der Waals surface area (Å²) >= 11 is 6.14. The minimum atomic E-state index is -3.69. The molecule has 0 saturated heterocycles. The van der Waals surface area contributed by atoms with Gasteiger partial charge in [-0.2, -0.15) is 0 Å². The van der Waals surface area contributed by atoms with E-state index in [1.807, 2.05) is 54.6 Å². The Balaban J connectivity index is 1.61. The zero-order valence-electron chi connectivity index (χ0n) is 17.0. The lowest BCUT2D eigenvalue weighted by Crippen LogP contribution is -2.26. The second kappa shape index (κ2) is 8.15. The maximum absolute atomic E-state index is 13.6. The molecule has 31 heavy (non-hydrogen) atoms. The average Bonchev–Trinajstić information content (AvgIpc) is 3.14. The maximum atomic E-state index is 13.6. The van der Waals surface area contributed by atoms with Crippen molar-refractivity contribution in [1.82, 2.24) is 9.29 Å². The van der Waals surface area contributed by atoms with Crippen molar-refractivity contribution in [2.75, 3.05) is 0 Å². The van der Waals surface area contributed by atoms with Gasteiger partial charge in [-0.15, -0.1) is 0 Å². The zero-order valence-corrected chi connectivity index (χ0v) is 18.5. The fraction of sp³-hybridized carbons (Fsp3) is 0.200. The van der Waals surface area contributed by atoms with Gasteiger partial charge in [0.15, 0.2) is 0 Å². The Morgan fingerprint density at radius 3 is 2.55 bits per heavy atom. The molecule has 1 aromatic heterocycles. The first-order valence-corrected chi connectivity index (χ1v) is 12.3. The molecule has 1 atom stereocenters.